The zero-order chi connectivity index (χ0) is 22.4. The van der Waals surface area contributed by atoms with Crippen molar-refractivity contribution >= 4 is 17.3 Å². The molecule has 7 heteroatoms. The fourth-order valence-electron chi connectivity index (χ4n) is 3.62. The zero-order valence-corrected chi connectivity index (χ0v) is 19.4. The highest BCUT2D eigenvalue weighted by Crippen LogP contribution is 2.25. The van der Waals surface area contributed by atoms with E-state index in [9.17, 15) is 5.11 Å². The summed E-state index contributed by atoms with van der Waals surface area (Å²) in [6.07, 6.45) is 3.95. The first kappa shape index (κ1) is 23.0. The lowest BCUT2D eigenvalue weighted by atomic mass is 10.1. The molecule has 1 aliphatic carbocycles. The first-order valence-corrected chi connectivity index (χ1v) is 11.2. The lowest BCUT2D eigenvalue weighted by Gasteiger charge is -2.24. The van der Waals surface area contributed by atoms with Gasteiger partial charge in [0.15, 0.2) is 5.82 Å². The van der Waals surface area contributed by atoms with Crippen LogP contribution >= 0.6 is 0 Å². The van der Waals surface area contributed by atoms with E-state index >= 15 is 0 Å². The molecule has 2 aromatic rings. The number of benzene rings is 1. The molecule has 31 heavy (non-hydrogen) atoms. The Morgan fingerprint density at radius 3 is 2.55 bits per heavy atom. The van der Waals surface area contributed by atoms with E-state index in [2.05, 4.69) is 64.4 Å². The molecule has 2 N–H and O–H groups in total. The number of rotatable bonds is 10. The van der Waals surface area contributed by atoms with E-state index in [1.807, 2.05) is 6.07 Å². The van der Waals surface area contributed by atoms with E-state index in [4.69, 9.17) is 4.74 Å². The first-order chi connectivity index (χ1) is 14.8. The number of aromatic nitrogens is 2. The molecule has 0 fully saturated rings. The number of ether oxygens (including phenoxy) is 1. The van der Waals surface area contributed by atoms with Gasteiger partial charge in [0.05, 0.1) is 11.3 Å². The quantitative estimate of drug-likeness (QED) is 0.552. The van der Waals surface area contributed by atoms with Crippen molar-refractivity contribution in [2.45, 2.75) is 65.9 Å². The first-order valence-electron chi connectivity index (χ1n) is 11.2. The van der Waals surface area contributed by atoms with Crippen molar-refractivity contribution in [1.82, 2.24) is 9.97 Å². The fourth-order valence-corrected chi connectivity index (χ4v) is 3.62. The highest BCUT2D eigenvalue weighted by molar-refractivity contribution is 6.04. The van der Waals surface area contributed by atoms with E-state index in [0.29, 0.717) is 5.82 Å². The Labute approximate surface area is 185 Å². The number of hydrazone groups is 1. The number of hydrogen-bond acceptors (Lipinski definition) is 7. The number of nitrogens with zero attached hydrogens (tertiary/aromatic N) is 4. The van der Waals surface area contributed by atoms with Gasteiger partial charge >= 0.3 is 6.01 Å². The average Bonchev–Trinajstić information content (AvgIpc) is 3.12. The van der Waals surface area contributed by atoms with Crippen molar-refractivity contribution in [3.8, 4) is 6.01 Å². The Morgan fingerprint density at radius 2 is 1.87 bits per heavy atom. The molecule has 0 atom stereocenters. The number of anilines is 2. The van der Waals surface area contributed by atoms with Gasteiger partial charge in [0.25, 0.3) is 0 Å². The highest BCUT2D eigenvalue weighted by Gasteiger charge is 2.19. The van der Waals surface area contributed by atoms with Crippen LogP contribution in [0.3, 0.4) is 0 Å². The predicted molar refractivity (Wildman–Crippen MR) is 126 cm³/mol. The summed E-state index contributed by atoms with van der Waals surface area (Å²) in [6, 6.07) is 8.68. The van der Waals surface area contributed by atoms with Crippen molar-refractivity contribution < 1.29 is 9.84 Å². The molecule has 0 unspecified atom stereocenters. The maximum absolute atomic E-state index is 10.0. The molecule has 0 aliphatic heterocycles. The summed E-state index contributed by atoms with van der Waals surface area (Å²) >= 11 is 0. The van der Waals surface area contributed by atoms with Gasteiger partial charge in [-0.25, -0.2) is 0 Å². The minimum absolute atomic E-state index is 0.110. The van der Waals surface area contributed by atoms with Crippen LogP contribution in [0.5, 0.6) is 6.01 Å². The van der Waals surface area contributed by atoms with Gasteiger partial charge in [-0.3, -0.25) is 5.43 Å². The molecular weight excluding hydrogens is 390 g/mol. The lowest BCUT2D eigenvalue weighted by Crippen LogP contribution is -2.29. The molecule has 0 radical (unpaired) electrons. The van der Waals surface area contributed by atoms with Crippen molar-refractivity contribution in [1.29, 1.82) is 0 Å². The van der Waals surface area contributed by atoms with Crippen LogP contribution in [0, 0.1) is 6.92 Å². The number of aryl methyl sites for hydroxylation is 2. The second-order valence-electron chi connectivity index (χ2n) is 8.81. The maximum Gasteiger partial charge on any atom is 0.320 e. The lowest BCUT2D eigenvalue weighted by molar-refractivity contribution is 0.0251. The maximum atomic E-state index is 10.0. The highest BCUT2D eigenvalue weighted by atomic mass is 16.5. The van der Waals surface area contributed by atoms with Crippen LogP contribution in [-0.4, -0.2) is 46.1 Å². The monoisotopic (exact) mass is 425 g/mol. The number of nitrogens with one attached hydrogen (secondary N) is 1. The van der Waals surface area contributed by atoms with E-state index in [1.165, 1.54) is 16.7 Å². The van der Waals surface area contributed by atoms with Crippen molar-refractivity contribution in [2.75, 3.05) is 30.0 Å². The predicted octanol–water partition coefficient (Wildman–Crippen LogP) is 4.32. The summed E-state index contributed by atoms with van der Waals surface area (Å²) in [5, 5.41) is 14.7. The summed E-state index contributed by atoms with van der Waals surface area (Å²) in [5.41, 5.74) is 6.98. The fraction of sp³-hybridized carbons (Fsp3) is 0.542. The van der Waals surface area contributed by atoms with Crippen molar-refractivity contribution in [3.63, 3.8) is 0 Å². The summed E-state index contributed by atoms with van der Waals surface area (Å²) in [4.78, 5) is 11.3. The molecule has 3 rings (SSSR count). The average molecular weight is 426 g/mol. The number of aliphatic hydroxyl groups is 1. The third kappa shape index (κ3) is 6.40. The third-order valence-electron chi connectivity index (χ3n) is 5.07. The van der Waals surface area contributed by atoms with Gasteiger partial charge in [0, 0.05) is 24.7 Å². The molecule has 0 amide bonds. The molecule has 7 nitrogen and oxygen atoms in total. The Bertz CT molecular complexity index is 915. The summed E-state index contributed by atoms with van der Waals surface area (Å²) < 4.78 is 5.71. The van der Waals surface area contributed by atoms with Gasteiger partial charge in [-0.05, 0) is 58.1 Å². The smallest absolute Gasteiger partial charge is 0.320 e. The van der Waals surface area contributed by atoms with Gasteiger partial charge in [-0.15, -0.1) is 0 Å². The molecule has 1 heterocycles. The molecule has 0 spiro atoms. The van der Waals surface area contributed by atoms with Gasteiger partial charge in [-0.2, -0.15) is 15.1 Å². The van der Waals surface area contributed by atoms with Crippen molar-refractivity contribution in [2.24, 2.45) is 5.10 Å². The molecule has 168 valence electrons. The second-order valence-corrected chi connectivity index (χ2v) is 8.81. The molecule has 0 bridgehead atoms. The topological polar surface area (TPSA) is 82.9 Å². The third-order valence-corrected chi connectivity index (χ3v) is 5.07. The molecule has 0 saturated carbocycles. The number of hydrogen-bond donors (Lipinski definition) is 2. The molecule has 1 aromatic heterocycles. The van der Waals surface area contributed by atoms with Crippen molar-refractivity contribution in [3.05, 3.63) is 41.0 Å². The normalized spacial score (nSPS) is 14.6. The zero-order valence-electron chi connectivity index (χ0n) is 19.4. The van der Waals surface area contributed by atoms with Gasteiger partial charge in [0.2, 0.25) is 0 Å². The van der Waals surface area contributed by atoms with Gasteiger partial charge in [0.1, 0.15) is 12.4 Å². The largest absolute Gasteiger partial charge is 0.460 e. The van der Waals surface area contributed by atoms with E-state index in [0.717, 1.165) is 50.3 Å². The molecule has 0 saturated heterocycles. The van der Waals surface area contributed by atoms with Crippen LogP contribution < -0.4 is 15.1 Å². The van der Waals surface area contributed by atoms with Crippen LogP contribution in [0.4, 0.5) is 11.6 Å². The van der Waals surface area contributed by atoms with E-state index < -0.39 is 5.60 Å². The SMILES string of the molecule is CCCN(CCC)c1cc(N/N=C2\CCc3ccc(C)cc32)nc(OCC(C)(C)O)n1. The Kier molecular flexibility index (Phi) is 7.49. The minimum atomic E-state index is -0.967. The van der Waals surface area contributed by atoms with Gasteiger partial charge < -0.3 is 14.7 Å². The van der Waals surface area contributed by atoms with E-state index in [-0.39, 0.29) is 12.6 Å². The summed E-state index contributed by atoms with van der Waals surface area (Å²) in [5.74, 6) is 1.39. The number of fused-ring (bicyclic) bond motifs is 1. The molecule has 1 aliphatic rings. The van der Waals surface area contributed by atoms with Crippen LogP contribution in [-0.2, 0) is 6.42 Å². The minimum Gasteiger partial charge on any atom is -0.460 e. The standard InChI is InChI=1S/C24H35N5O2/c1-6-12-29(13-7-2)22-15-21(25-23(26-22)31-16-24(4,5)30)28-27-20-11-10-18-9-8-17(3)14-19(18)20/h8-9,14-15,30H,6-7,10-13,16H2,1-5H3,(H,25,26,28)/b27-20+. The van der Waals surface area contributed by atoms with Crippen LogP contribution in [0.2, 0.25) is 0 Å². The molecule has 1 aromatic carbocycles. The van der Waals surface area contributed by atoms with Crippen LogP contribution in [0.25, 0.3) is 0 Å². The van der Waals surface area contributed by atoms with Crippen LogP contribution in [0.15, 0.2) is 29.4 Å². The Hall–Kier alpha value is -2.67. The van der Waals surface area contributed by atoms with Crippen LogP contribution in [0.1, 0.15) is 63.6 Å². The Balaban J connectivity index is 1.88. The molecular formula is C24H35N5O2. The summed E-state index contributed by atoms with van der Waals surface area (Å²) in [7, 11) is 0. The Morgan fingerprint density at radius 1 is 1.13 bits per heavy atom. The van der Waals surface area contributed by atoms with E-state index in [1.54, 1.807) is 13.8 Å². The second kappa shape index (κ2) is 10.1. The van der Waals surface area contributed by atoms with Gasteiger partial charge in [-0.1, -0.05) is 31.5 Å². The summed E-state index contributed by atoms with van der Waals surface area (Å²) in [6.45, 7) is 11.7.